The van der Waals surface area contributed by atoms with Crippen molar-refractivity contribution in [3.8, 4) is 5.75 Å². The second-order valence-corrected chi connectivity index (χ2v) is 9.01. The molecule has 1 saturated carbocycles. The van der Waals surface area contributed by atoms with E-state index >= 15 is 0 Å². The van der Waals surface area contributed by atoms with Crippen LogP contribution in [-0.2, 0) is 25.5 Å². The van der Waals surface area contributed by atoms with Gasteiger partial charge in [-0.2, -0.15) is 0 Å². The largest absolute Gasteiger partial charge is 0.497 e. The second-order valence-electron chi connectivity index (χ2n) is 9.01. The maximum Gasteiger partial charge on any atom is 0.330 e. The lowest BCUT2D eigenvalue weighted by atomic mass is 9.85. The molecule has 2 fully saturated rings. The minimum Gasteiger partial charge on any atom is -0.497 e. The minimum atomic E-state index is -1.12. The van der Waals surface area contributed by atoms with Crippen LogP contribution in [0.3, 0.4) is 0 Å². The Morgan fingerprint density at radius 1 is 0.971 bits per heavy atom. The van der Waals surface area contributed by atoms with Gasteiger partial charge in [-0.1, -0.05) is 54.6 Å². The van der Waals surface area contributed by atoms with Crippen LogP contribution in [0.15, 0.2) is 66.7 Å². The van der Waals surface area contributed by atoms with Crippen molar-refractivity contribution >= 4 is 23.6 Å². The maximum absolute atomic E-state index is 13.3. The standard InChI is InChI=1S/C27H25NO6/c1-33-20-9-5-8-17(14-20)22(29)15-34-27(32)21(12-16-6-3-2-4-7-16)28-25(30)23-18-10-11-19(13-18)24(23)26(28)31/h2-11,14,18-19,21,23-24H,12-13,15H2,1H3/t18-,19+,21-,23-,24-/m0/s1. The molecule has 1 heterocycles. The lowest BCUT2D eigenvalue weighted by molar-refractivity contribution is -0.158. The molecule has 2 aromatic carbocycles. The summed E-state index contributed by atoms with van der Waals surface area (Å²) in [4.78, 5) is 53.6. The Balaban J connectivity index is 1.36. The summed E-state index contributed by atoms with van der Waals surface area (Å²) >= 11 is 0. The molecule has 0 spiro atoms. The molecule has 7 nitrogen and oxygen atoms in total. The number of imide groups is 1. The van der Waals surface area contributed by atoms with E-state index in [0.717, 1.165) is 16.9 Å². The van der Waals surface area contributed by atoms with E-state index in [9.17, 15) is 19.2 Å². The number of ketones is 1. The van der Waals surface area contributed by atoms with Gasteiger partial charge < -0.3 is 9.47 Å². The number of carbonyl (C=O) groups excluding carboxylic acids is 4. The summed E-state index contributed by atoms with van der Waals surface area (Å²) < 4.78 is 10.5. The fraction of sp³-hybridized carbons (Fsp3) is 0.333. The van der Waals surface area contributed by atoms with Crippen LogP contribution in [0.1, 0.15) is 22.3 Å². The topological polar surface area (TPSA) is 90.0 Å². The van der Waals surface area contributed by atoms with Crippen molar-refractivity contribution in [3.05, 3.63) is 77.9 Å². The van der Waals surface area contributed by atoms with Crippen LogP contribution in [0.5, 0.6) is 5.75 Å². The minimum absolute atomic E-state index is 0.0412. The van der Waals surface area contributed by atoms with Crippen molar-refractivity contribution in [2.45, 2.75) is 18.9 Å². The van der Waals surface area contributed by atoms with Gasteiger partial charge in [-0.25, -0.2) is 4.79 Å². The highest BCUT2D eigenvalue weighted by Gasteiger charge is 2.61. The van der Waals surface area contributed by atoms with Crippen molar-refractivity contribution in [3.63, 3.8) is 0 Å². The number of likely N-dealkylation sites (tertiary alicyclic amines) is 1. The smallest absolute Gasteiger partial charge is 0.330 e. The van der Waals surface area contributed by atoms with E-state index < -0.39 is 36.2 Å². The van der Waals surface area contributed by atoms with Crippen molar-refractivity contribution in [2.24, 2.45) is 23.7 Å². The maximum atomic E-state index is 13.3. The Morgan fingerprint density at radius 2 is 1.65 bits per heavy atom. The van der Waals surface area contributed by atoms with Gasteiger partial charge in [-0.15, -0.1) is 0 Å². The Bertz CT molecular complexity index is 1140. The molecule has 34 heavy (non-hydrogen) atoms. The fourth-order valence-corrected chi connectivity index (χ4v) is 5.46. The highest BCUT2D eigenvalue weighted by molar-refractivity contribution is 6.09. The lowest BCUT2D eigenvalue weighted by Gasteiger charge is -2.26. The first-order valence-electron chi connectivity index (χ1n) is 11.4. The third-order valence-electron chi connectivity index (χ3n) is 7.10. The van der Waals surface area contributed by atoms with E-state index in [1.54, 1.807) is 24.3 Å². The van der Waals surface area contributed by atoms with Crippen LogP contribution in [0.4, 0.5) is 0 Å². The molecule has 5 atom stereocenters. The summed E-state index contributed by atoms with van der Waals surface area (Å²) in [5.74, 6) is -2.01. The Hall–Kier alpha value is -3.74. The number of Topliss-reactive ketones (excluding diaryl/α,β-unsaturated/α-hetero) is 1. The van der Waals surface area contributed by atoms with E-state index in [1.807, 2.05) is 42.5 Å². The summed E-state index contributed by atoms with van der Waals surface area (Å²) in [6.07, 6.45) is 4.96. The number of esters is 1. The molecule has 2 aliphatic carbocycles. The number of amides is 2. The van der Waals surface area contributed by atoms with Gasteiger partial charge in [-0.3, -0.25) is 19.3 Å². The Kier molecular flexibility index (Phi) is 5.77. The molecule has 0 unspecified atom stereocenters. The number of hydrogen-bond donors (Lipinski definition) is 0. The van der Waals surface area contributed by atoms with Gasteiger partial charge in [0.05, 0.1) is 18.9 Å². The third-order valence-corrected chi connectivity index (χ3v) is 7.10. The summed E-state index contributed by atoms with van der Waals surface area (Å²) in [6, 6.07) is 14.6. The predicted octanol–water partition coefficient (Wildman–Crippen LogP) is 2.84. The molecule has 2 aromatic rings. The molecule has 7 heteroatoms. The second kappa shape index (κ2) is 8.89. The van der Waals surface area contributed by atoms with Crippen LogP contribution in [-0.4, -0.2) is 48.2 Å². The highest BCUT2D eigenvalue weighted by Crippen LogP contribution is 2.53. The van der Waals surface area contributed by atoms with Crippen molar-refractivity contribution in [2.75, 3.05) is 13.7 Å². The number of rotatable bonds is 8. The molecule has 174 valence electrons. The zero-order chi connectivity index (χ0) is 23.8. The Morgan fingerprint density at radius 3 is 2.29 bits per heavy atom. The van der Waals surface area contributed by atoms with E-state index in [-0.39, 0.29) is 30.1 Å². The first-order valence-corrected chi connectivity index (χ1v) is 11.4. The molecule has 0 aromatic heterocycles. The molecule has 1 aliphatic heterocycles. The fourth-order valence-electron chi connectivity index (χ4n) is 5.46. The van der Waals surface area contributed by atoms with Gasteiger partial charge >= 0.3 is 5.97 Å². The summed E-state index contributed by atoms with van der Waals surface area (Å²) in [5.41, 5.74) is 1.14. The van der Waals surface area contributed by atoms with E-state index in [0.29, 0.717) is 11.3 Å². The first-order chi connectivity index (χ1) is 16.5. The quantitative estimate of drug-likeness (QED) is 0.261. The van der Waals surface area contributed by atoms with E-state index in [1.165, 1.54) is 7.11 Å². The molecule has 0 radical (unpaired) electrons. The molecule has 5 rings (SSSR count). The van der Waals surface area contributed by atoms with Crippen molar-refractivity contribution < 1.29 is 28.7 Å². The number of hydrogen-bond acceptors (Lipinski definition) is 6. The van der Waals surface area contributed by atoms with Gasteiger partial charge in [0.15, 0.2) is 12.4 Å². The molecule has 0 N–H and O–H groups in total. The van der Waals surface area contributed by atoms with Gasteiger partial charge in [0.2, 0.25) is 11.8 Å². The number of methoxy groups -OCH3 is 1. The average molecular weight is 459 g/mol. The number of allylic oxidation sites excluding steroid dienone is 2. The summed E-state index contributed by atoms with van der Waals surface area (Å²) in [6.45, 7) is -0.493. The first kappa shape index (κ1) is 22.1. The van der Waals surface area contributed by atoms with Crippen molar-refractivity contribution in [1.29, 1.82) is 0 Å². The molecule has 3 aliphatic rings. The van der Waals surface area contributed by atoms with Crippen LogP contribution >= 0.6 is 0 Å². The zero-order valence-corrected chi connectivity index (χ0v) is 18.8. The number of nitrogens with zero attached hydrogens (tertiary/aromatic N) is 1. The lowest BCUT2D eigenvalue weighted by Crippen LogP contribution is -2.48. The number of fused-ring (bicyclic) bond motifs is 5. The molecular weight excluding hydrogens is 434 g/mol. The SMILES string of the molecule is COc1cccc(C(=O)COC(=O)[C@H](Cc2ccccc2)N2C(=O)[C@@H]3[C@@H](C2=O)[C@H]2C=C[C@@H]3C2)c1. The van der Waals surface area contributed by atoms with Gasteiger partial charge in [0.1, 0.15) is 11.8 Å². The summed E-state index contributed by atoms with van der Waals surface area (Å²) in [5, 5.41) is 0. The molecule has 2 amide bonds. The normalized spacial score (nSPS) is 25.4. The van der Waals surface area contributed by atoms with Gasteiger partial charge in [0, 0.05) is 12.0 Å². The predicted molar refractivity (Wildman–Crippen MR) is 122 cm³/mol. The Labute approximate surface area is 197 Å². The van der Waals surface area contributed by atoms with Gasteiger partial charge in [-0.05, 0) is 36.0 Å². The van der Waals surface area contributed by atoms with Crippen LogP contribution in [0.2, 0.25) is 0 Å². The van der Waals surface area contributed by atoms with Crippen molar-refractivity contribution in [1.82, 2.24) is 4.90 Å². The monoisotopic (exact) mass is 459 g/mol. The van der Waals surface area contributed by atoms with Crippen LogP contribution < -0.4 is 4.74 Å². The van der Waals surface area contributed by atoms with E-state index in [2.05, 4.69) is 0 Å². The van der Waals surface area contributed by atoms with Crippen LogP contribution in [0, 0.1) is 23.7 Å². The number of benzene rings is 2. The van der Waals surface area contributed by atoms with Crippen LogP contribution in [0.25, 0.3) is 0 Å². The third kappa shape index (κ3) is 3.81. The number of ether oxygens (including phenoxy) is 2. The molecule has 1 saturated heterocycles. The number of carbonyl (C=O) groups is 4. The zero-order valence-electron chi connectivity index (χ0n) is 18.8. The summed E-state index contributed by atoms with van der Waals surface area (Å²) in [7, 11) is 1.50. The molecular formula is C27H25NO6. The average Bonchev–Trinajstić information content (AvgIpc) is 3.55. The van der Waals surface area contributed by atoms with E-state index in [4.69, 9.17) is 9.47 Å². The highest BCUT2D eigenvalue weighted by atomic mass is 16.5. The van der Waals surface area contributed by atoms with Gasteiger partial charge in [0.25, 0.3) is 0 Å². The molecule has 2 bridgehead atoms.